The van der Waals surface area contributed by atoms with Gasteiger partial charge in [-0.2, -0.15) is 0 Å². The van der Waals surface area contributed by atoms with Crippen molar-refractivity contribution in [1.82, 2.24) is 15.6 Å². The van der Waals surface area contributed by atoms with Crippen LogP contribution in [-0.2, 0) is 6.54 Å². The summed E-state index contributed by atoms with van der Waals surface area (Å²) in [6.07, 6.45) is 0.600. The minimum absolute atomic E-state index is 0. The maximum absolute atomic E-state index is 13.7. The molecule has 2 aromatic rings. The van der Waals surface area contributed by atoms with Crippen LogP contribution in [-0.4, -0.2) is 30.6 Å². The molecule has 2 N–H and O–H groups in total. The molecule has 1 aromatic carbocycles. The van der Waals surface area contributed by atoms with E-state index < -0.39 is 0 Å². The molecule has 0 amide bonds. The Morgan fingerprint density at radius 1 is 1.31 bits per heavy atom. The quantitative estimate of drug-likeness (QED) is 0.348. The van der Waals surface area contributed by atoms with Gasteiger partial charge in [-0.3, -0.25) is 4.99 Å². The lowest BCUT2D eigenvalue weighted by atomic mass is 10.2. The number of para-hydroxylation sites is 1. The summed E-state index contributed by atoms with van der Waals surface area (Å²) in [5, 5.41) is 7.48. The Kier molecular flexibility index (Phi) is 9.85. The molecule has 0 aliphatic rings. The van der Waals surface area contributed by atoms with Gasteiger partial charge < -0.3 is 15.4 Å². The van der Waals surface area contributed by atoms with Crippen molar-refractivity contribution in [3.63, 3.8) is 0 Å². The number of aryl methyl sites for hydroxylation is 2. The maximum atomic E-state index is 13.7. The van der Waals surface area contributed by atoms with E-state index in [2.05, 4.69) is 27.5 Å². The minimum atomic E-state index is -0.349. The van der Waals surface area contributed by atoms with E-state index >= 15 is 0 Å². The number of aliphatic imine (C=N–C) groups is 1. The Balaban J connectivity index is 0.00000338. The van der Waals surface area contributed by atoms with E-state index in [1.165, 1.54) is 10.9 Å². The van der Waals surface area contributed by atoms with Gasteiger partial charge in [-0.1, -0.05) is 19.1 Å². The predicted octanol–water partition coefficient (Wildman–Crippen LogP) is 4.04. The zero-order valence-electron chi connectivity index (χ0n) is 15.5. The van der Waals surface area contributed by atoms with Gasteiger partial charge in [0.15, 0.2) is 17.5 Å². The third-order valence-corrected chi connectivity index (χ3v) is 4.86. The van der Waals surface area contributed by atoms with Crippen molar-refractivity contribution >= 4 is 41.3 Å². The molecule has 1 heterocycles. The number of benzene rings is 1. The summed E-state index contributed by atoms with van der Waals surface area (Å²) in [6.45, 7) is 7.22. The molecule has 26 heavy (non-hydrogen) atoms. The van der Waals surface area contributed by atoms with Gasteiger partial charge in [0.2, 0.25) is 0 Å². The normalized spacial score (nSPS) is 12.3. The molecule has 1 aromatic heterocycles. The van der Waals surface area contributed by atoms with Crippen LogP contribution in [0.4, 0.5) is 4.39 Å². The van der Waals surface area contributed by atoms with Gasteiger partial charge in [-0.25, -0.2) is 9.37 Å². The first-order chi connectivity index (χ1) is 12.0. The molecule has 0 aliphatic heterocycles. The molecule has 0 radical (unpaired) electrons. The van der Waals surface area contributed by atoms with Crippen molar-refractivity contribution in [2.75, 3.05) is 13.6 Å². The highest BCUT2D eigenvalue weighted by molar-refractivity contribution is 14.0. The zero-order chi connectivity index (χ0) is 18.2. The lowest BCUT2D eigenvalue weighted by molar-refractivity contribution is 0.191. The molecule has 1 unspecified atom stereocenters. The first-order valence-corrected chi connectivity index (χ1v) is 9.13. The molecule has 1 atom stereocenters. The summed E-state index contributed by atoms with van der Waals surface area (Å²) in [6, 6.07) is 6.44. The Labute approximate surface area is 175 Å². The van der Waals surface area contributed by atoms with Gasteiger partial charge in [0.25, 0.3) is 0 Å². The van der Waals surface area contributed by atoms with Crippen LogP contribution in [0.3, 0.4) is 0 Å². The van der Waals surface area contributed by atoms with Crippen molar-refractivity contribution in [1.29, 1.82) is 0 Å². The molecule has 8 heteroatoms. The fraction of sp³-hybridized carbons (Fsp3) is 0.444. The van der Waals surface area contributed by atoms with Crippen LogP contribution in [0, 0.1) is 19.7 Å². The molecule has 5 nitrogen and oxygen atoms in total. The average Bonchev–Trinajstić information content (AvgIpc) is 2.93. The van der Waals surface area contributed by atoms with E-state index in [1.54, 1.807) is 36.6 Å². The Hall–Kier alpha value is -1.42. The molecule has 0 spiro atoms. The van der Waals surface area contributed by atoms with Crippen LogP contribution in [0.15, 0.2) is 29.3 Å². The van der Waals surface area contributed by atoms with Gasteiger partial charge in [0.05, 0.1) is 18.8 Å². The standard InChI is InChI=1S/C18H25FN4OS.HI/c1-5-14(24-16-9-7-6-8-15(16)19)10-21-18(20-4)22-11-17-23-12(2)13(3)25-17;/h6-9,14H,5,10-11H2,1-4H3,(H2,20,21,22);1H. The van der Waals surface area contributed by atoms with Crippen molar-refractivity contribution in [2.24, 2.45) is 4.99 Å². The van der Waals surface area contributed by atoms with Crippen molar-refractivity contribution < 1.29 is 9.13 Å². The van der Waals surface area contributed by atoms with E-state index in [9.17, 15) is 4.39 Å². The van der Waals surface area contributed by atoms with Crippen LogP contribution < -0.4 is 15.4 Å². The third-order valence-electron chi connectivity index (χ3n) is 3.79. The summed E-state index contributed by atoms with van der Waals surface area (Å²) < 4.78 is 19.4. The number of aromatic nitrogens is 1. The summed E-state index contributed by atoms with van der Waals surface area (Å²) >= 11 is 1.68. The Bertz CT molecular complexity index is 703. The number of nitrogens with one attached hydrogen (secondary N) is 2. The van der Waals surface area contributed by atoms with Crippen LogP contribution in [0.1, 0.15) is 28.9 Å². The summed E-state index contributed by atoms with van der Waals surface area (Å²) in [5.74, 6) is 0.590. The molecular weight excluding hydrogens is 466 g/mol. The van der Waals surface area contributed by atoms with Crippen LogP contribution in [0.5, 0.6) is 5.75 Å². The molecule has 2 rings (SSSR count). The van der Waals surface area contributed by atoms with Crippen molar-refractivity contribution in [2.45, 2.75) is 39.8 Å². The third kappa shape index (κ3) is 6.71. The molecule has 144 valence electrons. The second kappa shape index (κ2) is 11.3. The second-order valence-electron chi connectivity index (χ2n) is 5.63. The number of halogens is 2. The van der Waals surface area contributed by atoms with Gasteiger partial charge in [-0.15, -0.1) is 35.3 Å². The highest BCUT2D eigenvalue weighted by atomic mass is 127. The number of hydrogen-bond donors (Lipinski definition) is 2. The molecule has 0 aliphatic carbocycles. The van der Waals surface area contributed by atoms with Gasteiger partial charge in [0, 0.05) is 11.9 Å². The van der Waals surface area contributed by atoms with E-state index in [0.717, 1.165) is 17.1 Å². The van der Waals surface area contributed by atoms with Gasteiger partial charge in [0.1, 0.15) is 11.1 Å². The number of thiazole rings is 1. The predicted molar refractivity (Wildman–Crippen MR) is 116 cm³/mol. The SMILES string of the molecule is CCC(CNC(=NC)NCc1nc(C)c(C)s1)Oc1ccccc1F.I. The number of ether oxygens (including phenoxy) is 1. The summed E-state index contributed by atoms with van der Waals surface area (Å²) in [5.41, 5.74) is 1.06. The number of nitrogens with zero attached hydrogens (tertiary/aromatic N) is 2. The monoisotopic (exact) mass is 492 g/mol. The molecular formula is C18H26FIN4OS. The Morgan fingerprint density at radius 3 is 2.62 bits per heavy atom. The average molecular weight is 492 g/mol. The smallest absolute Gasteiger partial charge is 0.191 e. The van der Waals surface area contributed by atoms with E-state index in [-0.39, 0.29) is 41.6 Å². The van der Waals surface area contributed by atoms with Gasteiger partial charge >= 0.3 is 0 Å². The molecule has 0 saturated heterocycles. The zero-order valence-corrected chi connectivity index (χ0v) is 18.7. The fourth-order valence-electron chi connectivity index (χ4n) is 2.19. The van der Waals surface area contributed by atoms with Gasteiger partial charge in [-0.05, 0) is 32.4 Å². The van der Waals surface area contributed by atoms with Crippen molar-refractivity contribution in [3.8, 4) is 5.75 Å². The Morgan fingerprint density at radius 2 is 2.04 bits per heavy atom. The summed E-state index contributed by atoms with van der Waals surface area (Å²) in [4.78, 5) is 9.93. The lowest BCUT2D eigenvalue weighted by Gasteiger charge is -2.20. The second-order valence-corrected chi connectivity index (χ2v) is 6.92. The largest absolute Gasteiger partial charge is 0.486 e. The van der Waals surface area contributed by atoms with Crippen LogP contribution >= 0.6 is 35.3 Å². The number of rotatable bonds is 7. The first-order valence-electron chi connectivity index (χ1n) is 8.32. The molecule has 0 bridgehead atoms. The highest BCUT2D eigenvalue weighted by Crippen LogP contribution is 2.18. The number of hydrogen-bond acceptors (Lipinski definition) is 4. The maximum Gasteiger partial charge on any atom is 0.191 e. The summed E-state index contributed by atoms with van der Waals surface area (Å²) in [7, 11) is 1.71. The van der Waals surface area contributed by atoms with E-state index in [0.29, 0.717) is 19.0 Å². The van der Waals surface area contributed by atoms with Crippen molar-refractivity contribution in [3.05, 3.63) is 45.7 Å². The lowest BCUT2D eigenvalue weighted by Crippen LogP contribution is -2.42. The van der Waals surface area contributed by atoms with E-state index in [4.69, 9.17) is 4.74 Å². The van der Waals surface area contributed by atoms with Crippen LogP contribution in [0.2, 0.25) is 0 Å². The fourth-order valence-corrected chi connectivity index (χ4v) is 3.07. The minimum Gasteiger partial charge on any atom is -0.486 e. The van der Waals surface area contributed by atoms with E-state index in [1.807, 2.05) is 13.8 Å². The molecule has 0 saturated carbocycles. The van der Waals surface area contributed by atoms with Crippen LogP contribution in [0.25, 0.3) is 0 Å². The first kappa shape index (κ1) is 22.6. The topological polar surface area (TPSA) is 58.5 Å². The molecule has 0 fully saturated rings. The highest BCUT2D eigenvalue weighted by Gasteiger charge is 2.12. The number of guanidine groups is 1.